The van der Waals surface area contributed by atoms with Gasteiger partial charge in [0, 0.05) is 12.2 Å². The number of amides is 1. The maximum Gasteiger partial charge on any atom is 0.264 e. The van der Waals surface area contributed by atoms with Crippen molar-refractivity contribution in [2.24, 2.45) is 0 Å². The second kappa shape index (κ2) is 8.40. The van der Waals surface area contributed by atoms with Crippen LogP contribution in [0.2, 0.25) is 0 Å². The van der Waals surface area contributed by atoms with Crippen LogP contribution in [-0.2, 0) is 10.0 Å². The number of nitrogens with one attached hydrogen (secondary N) is 1. The largest absolute Gasteiger partial charge is 0.322 e. The first kappa shape index (κ1) is 20.5. The quantitative estimate of drug-likeness (QED) is 0.646. The van der Waals surface area contributed by atoms with Gasteiger partial charge in [0.05, 0.1) is 10.6 Å². The Labute approximate surface area is 167 Å². The molecule has 150 valence electrons. The molecule has 0 saturated carbocycles. The highest BCUT2D eigenvalue weighted by Crippen LogP contribution is 2.24. The highest BCUT2D eigenvalue weighted by Gasteiger charge is 2.23. The van der Waals surface area contributed by atoms with Gasteiger partial charge in [-0.05, 0) is 55.5 Å². The average molecular weight is 416 g/mol. The molecule has 0 aliphatic heterocycles. The Morgan fingerprint density at radius 2 is 1.48 bits per heavy atom. The van der Waals surface area contributed by atoms with Crippen LogP contribution in [0.25, 0.3) is 0 Å². The van der Waals surface area contributed by atoms with E-state index in [9.17, 15) is 22.0 Å². The minimum atomic E-state index is -3.81. The third-order valence-corrected chi connectivity index (χ3v) is 6.14. The van der Waals surface area contributed by atoms with Gasteiger partial charge in [0.1, 0.15) is 17.2 Å². The minimum absolute atomic E-state index is 0.0262. The number of nitrogens with zero attached hydrogens (tertiary/aromatic N) is 1. The molecule has 0 aliphatic rings. The van der Waals surface area contributed by atoms with Crippen molar-refractivity contribution in [2.75, 3.05) is 16.2 Å². The maximum absolute atomic E-state index is 13.7. The molecule has 0 aromatic heterocycles. The molecule has 8 heteroatoms. The average Bonchev–Trinajstić information content (AvgIpc) is 2.69. The van der Waals surface area contributed by atoms with Crippen LogP contribution in [-0.4, -0.2) is 20.9 Å². The Morgan fingerprint density at radius 3 is 2.03 bits per heavy atom. The number of sulfonamides is 1. The normalized spacial score (nSPS) is 11.1. The zero-order valence-electron chi connectivity index (χ0n) is 15.5. The summed E-state index contributed by atoms with van der Waals surface area (Å²) in [6.45, 7) is 1.96. The fraction of sp³-hybridized carbons (Fsp3) is 0.0952. The number of benzene rings is 3. The molecule has 3 rings (SSSR count). The third-order valence-electron chi connectivity index (χ3n) is 4.22. The number of rotatable bonds is 6. The zero-order valence-corrected chi connectivity index (χ0v) is 16.3. The first-order valence-electron chi connectivity index (χ1n) is 8.78. The first-order chi connectivity index (χ1) is 13.8. The second-order valence-electron chi connectivity index (χ2n) is 6.08. The number of carbonyl (C=O) groups excluding carboxylic acids is 1. The van der Waals surface area contributed by atoms with Crippen molar-refractivity contribution < 1.29 is 22.0 Å². The van der Waals surface area contributed by atoms with Gasteiger partial charge in [-0.15, -0.1) is 0 Å². The Hall–Kier alpha value is -3.26. The summed E-state index contributed by atoms with van der Waals surface area (Å²) in [6, 6.07) is 17.2. The van der Waals surface area contributed by atoms with Crippen molar-refractivity contribution in [1.29, 1.82) is 0 Å². The van der Waals surface area contributed by atoms with Crippen molar-refractivity contribution in [3.63, 3.8) is 0 Å². The van der Waals surface area contributed by atoms with E-state index in [1.54, 1.807) is 37.3 Å². The van der Waals surface area contributed by atoms with Crippen LogP contribution >= 0.6 is 0 Å². The summed E-state index contributed by atoms with van der Waals surface area (Å²) in [5.74, 6) is -2.93. The van der Waals surface area contributed by atoms with Gasteiger partial charge >= 0.3 is 0 Å². The van der Waals surface area contributed by atoms with E-state index in [0.717, 1.165) is 18.2 Å². The highest BCUT2D eigenvalue weighted by molar-refractivity contribution is 7.92. The number of carbonyl (C=O) groups is 1. The van der Waals surface area contributed by atoms with Crippen LogP contribution in [0.3, 0.4) is 0 Å². The lowest BCUT2D eigenvalue weighted by Gasteiger charge is -2.23. The molecule has 3 aromatic rings. The molecule has 1 amide bonds. The van der Waals surface area contributed by atoms with E-state index in [4.69, 9.17) is 0 Å². The smallest absolute Gasteiger partial charge is 0.264 e. The maximum atomic E-state index is 13.7. The SMILES string of the molecule is CCN(c1ccccc1)S(=O)(=O)c1ccc(NC(=O)c2c(F)cccc2F)cc1. The second-order valence-corrected chi connectivity index (χ2v) is 7.94. The van der Waals surface area contributed by atoms with Crippen LogP contribution in [0.15, 0.2) is 77.7 Å². The molecule has 0 saturated heterocycles. The summed E-state index contributed by atoms with van der Waals surface area (Å²) in [7, 11) is -3.81. The summed E-state index contributed by atoms with van der Waals surface area (Å²) in [4.78, 5) is 12.2. The molecular formula is C21H18F2N2O3S. The Kier molecular flexibility index (Phi) is 5.93. The number of hydrogen-bond donors (Lipinski definition) is 1. The van der Waals surface area contributed by atoms with E-state index in [1.807, 2.05) is 0 Å². The van der Waals surface area contributed by atoms with Crippen molar-refractivity contribution in [2.45, 2.75) is 11.8 Å². The van der Waals surface area contributed by atoms with Crippen molar-refractivity contribution in [3.8, 4) is 0 Å². The number of halogens is 2. The summed E-state index contributed by atoms with van der Waals surface area (Å²) < 4.78 is 54.6. The lowest BCUT2D eigenvalue weighted by molar-refractivity contribution is 0.101. The fourth-order valence-corrected chi connectivity index (χ4v) is 4.31. The molecule has 5 nitrogen and oxygen atoms in total. The number of anilines is 2. The monoisotopic (exact) mass is 416 g/mol. The summed E-state index contributed by atoms with van der Waals surface area (Å²) in [5, 5.41) is 2.37. The van der Waals surface area contributed by atoms with Crippen LogP contribution < -0.4 is 9.62 Å². The van der Waals surface area contributed by atoms with Gasteiger partial charge in [-0.2, -0.15) is 0 Å². The lowest BCUT2D eigenvalue weighted by atomic mass is 10.2. The summed E-state index contributed by atoms with van der Waals surface area (Å²) in [5.41, 5.74) is 0.0344. The van der Waals surface area contributed by atoms with Gasteiger partial charge < -0.3 is 5.32 Å². The van der Waals surface area contributed by atoms with Gasteiger partial charge in [0.25, 0.3) is 15.9 Å². The molecule has 0 unspecified atom stereocenters. The molecule has 0 heterocycles. The van der Waals surface area contributed by atoms with E-state index in [2.05, 4.69) is 5.32 Å². The number of hydrogen-bond acceptors (Lipinski definition) is 3. The molecule has 0 bridgehead atoms. The van der Waals surface area contributed by atoms with Crippen LogP contribution in [0, 0.1) is 11.6 Å². The van der Waals surface area contributed by atoms with Gasteiger partial charge in [0.2, 0.25) is 0 Å². The lowest BCUT2D eigenvalue weighted by Crippen LogP contribution is -2.30. The molecule has 0 fully saturated rings. The molecule has 0 spiro atoms. The van der Waals surface area contributed by atoms with Crippen molar-refractivity contribution in [3.05, 3.63) is 90.0 Å². The van der Waals surface area contributed by atoms with E-state index in [1.165, 1.54) is 28.6 Å². The van der Waals surface area contributed by atoms with E-state index < -0.39 is 33.1 Å². The molecule has 3 aromatic carbocycles. The topological polar surface area (TPSA) is 66.5 Å². The first-order valence-corrected chi connectivity index (χ1v) is 10.2. The predicted molar refractivity (Wildman–Crippen MR) is 107 cm³/mol. The van der Waals surface area contributed by atoms with Crippen LogP contribution in [0.1, 0.15) is 17.3 Å². The third kappa shape index (κ3) is 4.27. The van der Waals surface area contributed by atoms with Gasteiger partial charge in [-0.3, -0.25) is 9.10 Å². The Balaban J connectivity index is 1.83. The molecule has 1 N–H and O–H groups in total. The van der Waals surface area contributed by atoms with Crippen LogP contribution in [0.4, 0.5) is 20.2 Å². The minimum Gasteiger partial charge on any atom is -0.322 e. The standard InChI is InChI=1S/C21H18F2N2O3S/c1-2-25(16-7-4-3-5-8-16)29(27,28)17-13-11-15(12-14-17)24-21(26)20-18(22)9-6-10-19(20)23/h3-14H,2H2,1H3,(H,24,26). The van der Waals surface area contributed by atoms with Crippen LogP contribution in [0.5, 0.6) is 0 Å². The van der Waals surface area contributed by atoms with Gasteiger partial charge in [-0.1, -0.05) is 24.3 Å². The van der Waals surface area contributed by atoms with E-state index in [-0.39, 0.29) is 17.1 Å². The highest BCUT2D eigenvalue weighted by atomic mass is 32.2. The van der Waals surface area contributed by atoms with Gasteiger partial charge in [0.15, 0.2) is 0 Å². The van der Waals surface area contributed by atoms with Crippen molar-refractivity contribution >= 4 is 27.3 Å². The summed E-state index contributed by atoms with van der Waals surface area (Å²) in [6.07, 6.45) is 0. The predicted octanol–water partition coefficient (Wildman–Crippen LogP) is 4.43. The van der Waals surface area contributed by atoms with E-state index in [0.29, 0.717) is 5.69 Å². The molecule has 0 radical (unpaired) electrons. The Morgan fingerprint density at radius 1 is 0.897 bits per heavy atom. The molecule has 0 aliphatic carbocycles. The molecule has 29 heavy (non-hydrogen) atoms. The fourth-order valence-electron chi connectivity index (χ4n) is 2.83. The number of para-hydroxylation sites is 1. The summed E-state index contributed by atoms with van der Waals surface area (Å²) >= 11 is 0. The van der Waals surface area contributed by atoms with Gasteiger partial charge in [-0.25, -0.2) is 17.2 Å². The zero-order chi connectivity index (χ0) is 21.0. The Bertz CT molecular complexity index is 1100. The molecular weight excluding hydrogens is 398 g/mol. The van der Waals surface area contributed by atoms with Crippen molar-refractivity contribution in [1.82, 2.24) is 0 Å². The van der Waals surface area contributed by atoms with E-state index >= 15 is 0 Å². The molecule has 0 atom stereocenters.